The number of oxazole rings is 1. The molecule has 0 aliphatic carbocycles. The van der Waals surface area contributed by atoms with Gasteiger partial charge in [0.2, 0.25) is 11.8 Å². The van der Waals surface area contributed by atoms with Crippen molar-refractivity contribution < 1.29 is 9.52 Å². The molecule has 0 fully saturated rings. The second kappa shape index (κ2) is 4.81. The van der Waals surface area contributed by atoms with Gasteiger partial charge in [-0.15, -0.1) is 0 Å². The molecular formula is C12H14N2O2. The Morgan fingerprint density at radius 3 is 2.69 bits per heavy atom. The van der Waals surface area contributed by atoms with Gasteiger partial charge in [-0.1, -0.05) is 18.2 Å². The van der Waals surface area contributed by atoms with Crippen molar-refractivity contribution in [2.75, 3.05) is 12.3 Å². The van der Waals surface area contributed by atoms with Gasteiger partial charge in [-0.2, -0.15) is 0 Å². The summed E-state index contributed by atoms with van der Waals surface area (Å²) in [7, 11) is 0. The van der Waals surface area contributed by atoms with Gasteiger partial charge in [-0.05, 0) is 25.0 Å². The summed E-state index contributed by atoms with van der Waals surface area (Å²) in [5.74, 6) is 0.873. The fourth-order valence-electron chi connectivity index (χ4n) is 1.49. The molecular weight excluding hydrogens is 204 g/mol. The topological polar surface area (TPSA) is 72.3 Å². The number of aromatic nitrogens is 1. The molecule has 0 aliphatic heterocycles. The summed E-state index contributed by atoms with van der Waals surface area (Å²) >= 11 is 0. The molecule has 16 heavy (non-hydrogen) atoms. The maximum absolute atomic E-state index is 8.74. The molecule has 3 N–H and O–H groups in total. The third-order valence-electron chi connectivity index (χ3n) is 2.32. The van der Waals surface area contributed by atoms with Crippen LogP contribution in [0.25, 0.3) is 11.5 Å². The average Bonchev–Trinajstić information content (AvgIpc) is 2.69. The molecule has 2 rings (SSSR count). The molecule has 1 heterocycles. The highest BCUT2D eigenvalue weighted by molar-refractivity contribution is 5.55. The number of aliphatic hydroxyl groups is 1. The van der Waals surface area contributed by atoms with E-state index in [4.69, 9.17) is 15.3 Å². The van der Waals surface area contributed by atoms with E-state index in [0.29, 0.717) is 30.3 Å². The largest absolute Gasteiger partial charge is 0.421 e. The lowest BCUT2D eigenvalue weighted by molar-refractivity contribution is 0.288. The molecule has 2 aromatic rings. The van der Waals surface area contributed by atoms with E-state index in [1.807, 2.05) is 30.3 Å². The number of nitrogens with two attached hydrogens (primary N) is 1. The van der Waals surface area contributed by atoms with Crippen LogP contribution < -0.4 is 5.73 Å². The second-order valence-electron chi connectivity index (χ2n) is 3.52. The van der Waals surface area contributed by atoms with E-state index in [1.54, 1.807) is 0 Å². The number of rotatable bonds is 4. The van der Waals surface area contributed by atoms with Gasteiger partial charge in [0.25, 0.3) is 0 Å². The minimum absolute atomic E-state index is 0.132. The molecule has 4 nitrogen and oxygen atoms in total. The number of nitrogens with zero attached hydrogens (tertiary/aromatic N) is 1. The van der Waals surface area contributed by atoms with Gasteiger partial charge in [0, 0.05) is 12.2 Å². The van der Waals surface area contributed by atoms with Crippen molar-refractivity contribution in [1.82, 2.24) is 4.98 Å². The smallest absolute Gasteiger partial charge is 0.228 e. The van der Waals surface area contributed by atoms with Gasteiger partial charge in [0.05, 0.1) is 0 Å². The van der Waals surface area contributed by atoms with E-state index in [2.05, 4.69) is 4.98 Å². The van der Waals surface area contributed by atoms with Crippen LogP contribution in [0.3, 0.4) is 0 Å². The Morgan fingerprint density at radius 2 is 2.00 bits per heavy atom. The third kappa shape index (κ3) is 2.23. The predicted molar refractivity (Wildman–Crippen MR) is 61.8 cm³/mol. The molecule has 1 aromatic heterocycles. The summed E-state index contributed by atoms with van der Waals surface area (Å²) in [6, 6.07) is 9.61. The lowest BCUT2D eigenvalue weighted by Crippen LogP contribution is -1.94. The van der Waals surface area contributed by atoms with Crippen LogP contribution in [-0.4, -0.2) is 16.7 Å². The normalized spacial score (nSPS) is 10.6. The van der Waals surface area contributed by atoms with E-state index in [9.17, 15) is 0 Å². The molecule has 0 amide bonds. The van der Waals surface area contributed by atoms with Crippen LogP contribution in [0.15, 0.2) is 34.7 Å². The summed E-state index contributed by atoms with van der Waals surface area (Å²) < 4.78 is 5.38. The summed E-state index contributed by atoms with van der Waals surface area (Å²) in [5.41, 5.74) is 7.33. The molecule has 0 unspecified atom stereocenters. The van der Waals surface area contributed by atoms with Crippen molar-refractivity contribution in [1.29, 1.82) is 0 Å². The summed E-state index contributed by atoms with van der Waals surface area (Å²) in [6.07, 6.45) is 1.28. The fraction of sp³-hybridized carbons (Fsp3) is 0.250. The predicted octanol–water partition coefficient (Wildman–Crippen LogP) is 1.85. The number of aliphatic hydroxyl groups excluding tert-OH is 1. The van der Waals surface area contributed by atoms with Crippen molar-refractivity contribution >= 4 is 5.88 Å². The van der Waals surface area contributed by atoms with Crippen LogP contribution in [0.2, 0.25) is 0 Å². The summed E-state index contributed by atoms with van der Waals surface area (Å²) in [5, 5.41) is 8.74. The molecule has 0 saturated heterocycles. The highest BCUT2D eigenvalue weighted by Crippen LogP contribution is 2.23. The molecule has 0 aliphatic rings. The van der Waals surface area contributed by atoms with Gasteiger partial charge in [-0.3, -0.25) is 0 Å². The standard InChI is InChI=1S/C12H14N2O2/c13-11-10(7-4-8-15)14-12(16-11)9-5-2-1-3-6-9/h1-3,5-6,15H,4,7-8,13H2. The first-order valence-corrected chi connectivity index (χ1v) is 5.22. The molecule has 1 aromatic carbocycles. The third-order valence-corrected chi connectivity index (χ3v) is 2.32. The van der Waals surface area contributed by atoms with E-state index in [-0.39, 0.29) is 6.61 Å². The van der Waals surface area contributed by atoms with Crippen molar-refractivity contribution in [3.8, 4) is 11.5 Å². The van der Waals surface area contributed by atoms with Crippen LogP contribution >= 0.6 is 0 Å². The van der Waals surface area contributed by atoms with E-state index >= 15 is 0 Å². The minimum Gasteiger partial charge on any atom is -0.421 e. The maximum atomic E-state index is 8.74. The highest BCUT2D eigenvalue weighted by Gasteiger charge is 2.11. The Bertz CT molecular complexity index is 451. The van der Waals surface area contributed by atoms with Crippen molar-refractivity contribution in [3.63, 3.8) is 0 Å². The number of hydrogen-bond acceptors (Lipinski definition) is 4. The summed E-state index contributed by atoms with van der Waals surface area (Å²) in [6.45, 7) is 0.132. The molecule has 0 spiro atoms. The lowest BCUT2D eigenvalue weighted by atomic mass is 10.2. The van der Waals surface area contributed by atoms with E-state index in [1.165, 1.54) is 0 Å². The molecule has 0 atom stereocenters. The number of aryl methyl sites for hydroxylation is 1. The Balaban J connectivity index is 2.24. The molecule has 0 bridgehead atoms. The monoisotopic (exact) mass is 218 g/mol. The van der Waals surface area contributed by atoms with Crippen LogP contribution in [0, 0.1) is 0 Å². The zero-order valence-electron chi connectivity index (χ0n) is 8.89. The van der Waals surface area contributed by atoms with Crippen LogP contribution in [0.5, 0.6) is 0 Å². The first-order valence-electron chi connectivity index (χ1n) is 5.22. The van der Waals surface area contributed by atoms with Crippen LogP contribution in [0.4, 0.5) is 5.88 Å². The van der Waals surface area contributed by atoms with E-state index < -0.39 is 0 Å². The van der Waals surface area contributed by atoms with Gasteiger partial charge < -0.3 is 15.3 Å². The van der Waals surface area contributed by atoms with Crippen molar-refractivity contribution in [2.24, 2.45) is 0 Å². The fourth-order valence-corrected chi connectivity index (χ4v) is 1.49. The van der Waals surface area contributed by atoms with Crippen molar-refractivity contribution in [2.45, 2.75) is 12.8 Å². The first kappa shape index (κ1) is 10.7. The Morgan fingerprint density at radius 1 is 1.25 bits per heavy atom. The van der Waals surface area contributed by atoms with Gasteiger partial charge in [-0.25, -0.2) is 4.98 Å². The maximum Gasteiger partial charge on any atom is 0.228 e. The zero-order chi connectivity index (χ0) is 11.4. The number of nitrogen functional groups attached to an aromatic ring is 1. The van der Waals surface area contributed by atoms with Gasteiger partial charge >= 0.3 is 0 Å². The Labute approximate surface area is 93.7 Å². The first-order chi connectivity index (χ1) is 7.81. The molecule has 0 radical (unpaired) electrons. The zero-order valence-corrected chi connectivity index (χ0v) is 8.89. The SMILES string of the molecule is Nc1oc(-c2ccccc2)nc1CCCO. The molecule has 0 saturated carbocycles. The highest BCUT2D eigenvalue weighted by atomic mass is 16.4. The number of benzene rings is 1. The Hall–Kier alpha value is -1.81. The number of hydrogen-bond donors (Lipinski definition) is 2. The molecule has 4 heteroatoms. The molecule has 84 valence electrons. The van der Waals surface area contributed by atoms with Gasteiger partial charge in [0.1, 0.15) is 5.69 Å². The van der Waals surface area contributed by atoms with Crippen molar-refractivity contribution in [3.05, 3.63) is 36.0 Å². The quantitative estimate of drug-likeness (QED) is 0.821. The minimum atomic E-state index is 0.132. The van der Waals surface area contributed by atoms with Crippen LogP contribution in [0.1, 0.15) is 12.1 Å². The second-order valence-corrected chi connectivity index (χ2v) is 3.52. The Kier molecular flexibility index (Phi) is 3.22. The van der Waals surface area contributed by atoms with E-state index in [0.717, 1.165) is 5.56 Å². The number of anilines is 1. The average molecular weight is 218 g/mol. The van der Waals surface area contributed by atoms with Gasteiger partial charge in [0.15, 0.2) is 0 Å². The lowest BCUT2D eigenvalue weighted by Gasteiger charge is -1.92. The van der Waals surface area contributed by atoms with Crippen LogP contribution in [-0.2, 0) is 6.42 Å². The summed E-state index contributed by atoms with van der Waals surface area (Å²) in [4.78, 5) is 4.31.